The second-order valence-electron chi connectivity index (χ2n) is 7.39. The zero-order chi connectivity index (χ0) is 21.4. The summed E-state index contributed by atoms with van der Waals surface area (Å²) in [6.07, 6.45) is 3.02. The summed E-state index contributed by atoms with van der Waals surface area (Å²) < 4.78 is 4.64. The number of ether oxygens (including phenoxy) is 1. The number of carbonyl (C=O) groups is 1. The van der Waals surface area contributed by atoms with E-state index >= 15 is 0 Å². The topological polar surface area (TPSA) is 148 Å². The second-order valence-corrected chi connectivity index (χ2v) is 7.39. The molecule has 6 N–H and O–H groups in total. The highest BCUT2D eigenvalue weighted by molar-refractivity contribution is 5.69. The maximum Gasteiger partial charge on any atom is 0.308 e. The van der Waals surface area contributed by atoms with Crippen LogP contribution in [0.3, 0.4) is 0 Å². The summed E-state index contributed by atoms with van der Waals surface area (Å²) >= 11 is 0. The van der Waals surface area contributed by atoms with Gasteiger partial charge in [0, 0.05) is 6.42 Å². The number of hydrogen-bond acceptors (Lipinski definition) is 8. The molecule has 0 saturated heterocycles. The van der Waals surface area contributed by atoms with E-state index in [1.165, 1.54) is 44.9 Å². The minimum Gasteiger partial charge on any atom is -0.433 e. The molecule has 0 rings (SSSR count). The van der Waals surface area contributed by atoms with Gasteiger partial charge in [-0.15, -0.1) is 0 Å². The minimum absolute atomic E-state index is 0.0821. The van der Waals surface area contributed by atoms with Crippen molar-refractivity contribution in [3.63, 3.8) is 0 Å². The molecular weight excluding hydrogens is 368 g/mol. The Kier molecular flexibility index (Phi) is 16.6. The van der Waals surface area contributed by atoms with Gasteiger partial charge in [0.05, 0.1) is 6.61 Å². The first-order chi connectivity index (χ1) is 13.3. The van der Waals surface area contributed by atoms with Crippen LogP contribution in [0.4, 0.5) is 0 Å². The number of aliphatic hydroxyl groups excluding tert-OH is 6. The monoisotopic (exact) mass is 408 g/mol. The molecule has 168 valence electrons. The van der Waals surface area contributed by atoms with Gasteiger partial charge in [-0.25, -0.2) is 0 Å². The van der Waals surface area contributed by atoms with Crippen molar-refractivity contribution in [3.05, 3.63) is 0 Å². The van der Waals surface area contributed by atoms with E-state index < -0.39 is 43.3 Å². The van der Waals surface area contributed by atoms with Crippen molar-refractivity contribution < 1.29 is 40.2 Å². The van der Waals surface area contributed by atoms with E-state index in [0.29, 0.717) is 6.42 Å². The van der Waals surface area contributed by atoms with E-state index in [1.807, 2.05) is 0 Å². The molecule has 8 heteroatoms. The molecule has 0 radical (unpaired) electrons. The molecular formula is C20H40O8. The van der Waals surface area contributed by atoms with Crippen LogP contribution in [0.5, 0.6) is 0 Å². The predicted octanol–water partition coefficient (Wildman–Crippen LogP) is 0.985. The Morgan fingerprint density at radius 3 is 1.64 bits per heavy atom. The lowest BCUT2D eigenvalue weighted by Gasteiger charge is -2.28. The number of hydrogen-bond donors (Lipinski definition) is 6. The van der Waals surface area contributed by atoms with E-state index in [1.54, 1.807) is 0 Å². The number of rotatable bonds is 18. The molecule has 0 aromatic rings. The SMILES string of the molecule is CCCCCCCCCCCCCC(=O)OC(O)[C@@H](O)[C@@H](O)[C@H](O)[C@H](O)CO. The number of aliphatic hydroxyl groups is 6. The van der Waals surface area contributed by atoms with Crippen molar-refractivity contribution in [1.29, 1.82) is 0 Å². The molecule has 0 aromatic carbocycles. The van der Waals surface area contributed by atoms with Crippen molar-refractivity contribution in [2.24, 2.45) is 0 Å². The molecule has 8 nitrogen and oxygen atoms in total. The van der Waals surface area contributed by atoms with Crippen LogP contribution in [-0.2, 0) is 9.53 Å². The van der Waals surface area contributed by atoms with Gasteiger partial charge < -0.3 is 35.4 Å². The fourth-order valence-electron chi connectivity index (χ4n) is 2.90. The van der Waals surface area contributed by atoms with E-state index in [-0.39, 0.29) is 6.42 Å². The van der Waals surface area contributed by atoms with Gasteiger partial charge in [0.2, 0.25) is 6.29 Å². The Balaban J connectivity index is 3.77. The zero-order valence-corrected chi connectivity index (χ0v) is 17.1. The van der Waals surface area contributed by atoms with E-state index in [9.17, 15) is 30.3 Å². The van der Waals surface area contributed by atoms with Crippen molar-refractivity contribution in [1.82, 2.24) is 0 Å². The summed E-state index contributed by atoms with van der Waals surface area (Å²) in [5.41, 5.74) is 0. The molecule has 0 fully saturated rings. The zero-order valence-electron chi connectivity index (χ0n) is 17.1. The molecule has 0 aliphatic carbocycles. The average molecular weight is 409 g/mol. The van der Waals surface area contributed by atoms with Crippen LogP contribution in [0.1, 0.15) is 84.0 Å². The van der Waals surface area contributed by atoms with Crippen molar-refractivity contribution >= 4 is 5.97 Å². The Hall–Kier alpha value is -0.770. The van der Waals surface area contributed by atoms with Crippen LogP contribution in [0.2, 0.25) is 0 Å². The molecule has 0 amide bonds. The Bertz CT molecular complexity index is 379. The molecule has 0 aliphatic heterocycles. The number of unbranched alkanes of at least 4 members (excludes halogenated alkanes) is 10. The lowest BCUT2D eigenvalue weighted by Crippen LogP contribution is -2.50. The van der Waals surface area contributed by atoms with Gasteiger partial charge in [0.25, 0.3) is 0 Å². The van der Waals surface area contributed by atoms with Gasteiger partial charge in [-0.1, -0.05) is 71.1 Å². The number of esters is 1. The first-order valence-corrected chi connectivity index (χ1v) is 10.6. The quantitative estimate of drug-likeness (QED) is 0.112. The van der Waals surface area contributed by atoms with Crippen LogP contribution in [0.25, 0.3) is 0 Å². The largest absolute Gasteiger partial charge is 0.433 e. The maximum atomic E-state index is 11.7. The molecule has 5 atom stereocenters. The van der Waals surface area contributed by atoms with Crippen LogP contribution < -0.4 is 0 Å². The third-order valence-electron chi connectivity index (χ3n) is 4.81. The summed E-state index contributed by atoms with van der Waals surface area (Å²) in [5.74, 6) is -0.716. The molecule has 0 bridgehead atoms. The smallest absolute Gasteiger partial charge is 0.308 e. The van der Waals surface area contributed by atoms with Gasteiger partial charge in [-0.3, -0.25) is 4.79 Å². The third kappa shape index (κ3) is 12.6. The predicted molar refractivity (Wildman–Crippen MR) is 104 cm³/mol. The van der Waals surface area contributed by atoms with Crippen LogP contribution >= 0.6 is 0 Å². The van der Waals surface area contributed by atoms with Gasteiger partial charge in [0.15, 0.2) is 0 Å². The lowest BCUT2D eigenvalue weighted by atomic mass is 10.0. The fraction of sp³-hybridized carbons (Fsp3) is 0.950. The Morgan fingerprint density at radius 1 is 0.714 bits per heavy atom. The van der Waals surface area contributed by atoms with E-state index in [0.717, 1.165) is 19.3 Å². The van der Waals surface area contributed by atoms with Crippen molar-refractivity contribution in [3.8, 4) is 0 Å². The van der Waals surface area contributed by atoms with Crippen LogP contribution in [-0.4, -0.2) is 73.9 Å². The highest BCUT2D eigenvalue weighted by Gasteiger charge is 2.35. The summed E-state index contributed by atoms with van der Waals surface area (Å²) in [5, 5.41) is 56.3. The molecule has 1 unspecified atom stereocenters. The number of carbonyl (C=O) groups excluding carboxylic acids is 1. The van der Waals surface area contributed by atoms with E-state index in [4.69, 9.17) is 5.11 Å². The Labute approximate surface area is 168 Å². The summed E-state index contributed by atoms with van der Waals surface area (Å²) in [6, 6.07) is 0. The van der Waals surface area contributed by atoms with Gasteiger partial charge >= 0.3 is 5.97 Å². The van der Waals surface area contributed by atoms with Crippen LogP contribution in [0.15, 0.2) is 0 Å². The molecule has 0 aromatic heterocycles. The second kappa shape index (κ2) is 17.1. The molecule has 0 saturated carbocycles. The standard InChI is InChI=1S/C20H40O8/c1-2-3-4-5-6-7-8-9-10-11-12-13-16(23)28-20(27)19(26)18(25)17(24)15(22)14-21/h15,17-22,24-27H,2-14H2,1H3/t15-,17-,18+,19+,20?/m1/s1. The van der Waals surface area contributed by atoms with Crippen molar-refractivity contribution in [2.75, 3.05) is 6.61 Å². The van der Waals surface area contributed by atoms with Gasteiger partial charge in [-0.2, -0.15) is 0 Å². The first kappa shape index (κ1) is 27.2. The molecule has 0 spiro atoms. The third-order valence-corrected chi connectivity index (χ3v) is 4.81. The first-order valence-electron chi connectivity index (χ1n) is 10.6. The summed E-state index contributed by atoms with van der Waals surface area (Å²) in [7, 11) is 0. The fourth-order valence-corrected chi connectivity index (χ4v) is 2.90. The van der Waals surface area contributed by atoms with Crippen LogP contribution in [0, 0.1) is 0 Å². The summed E-state index contributed by atoms with van der Waals surface area (Å²) in [4.78, 5) is 11.7. The molecule has 28 heavy (non-hydrogen) atoms. The molecule has 0 aliphatic rings. The lowest BCUT2D eigenvalue weighted by molar-refractivity contribution is -0.213. The Morgan fingerprint density at radius 2 is 1.18 bits per heavy atom. The minimum atomic E-state index is -2.03. The highest BCUT2D eigenvalue weighted by Crippen LogP contribution is 2.13. The van der Waals surface area contributed by atoms with Crippen molar-refractivity contribution in [2.45, 2.75) is 115 Å². The maximum absolute atomic E-state index is 11.7. The normalized spacial score (nSPS) is 17.0. The highest BCUT2D eigenvalue weighted by atomic mass is 16.6. The van der Waals surface area contributed by atoms with Gasteiger partial charge in [-0.05, 0) is 6.42 Å². The molecule has 0 heterocycles. The summed E-state index contributed by atoms with van der Waals surface area (Å²) in [6.45, 7) is 1.37. The van der Waals surface area contributed by atoms with E-state index in [2.05, 4.69) is 11.7 Å². The average Bonchev–Trinajstić information content (AvgIpc) is 2.69. The van der Waals surface area contributed by atoms with Gasteiger partial charge in [0.1, 0.15) is 24.4 Å².